The first-order valence-corrected chi connectivity index (χ1v) is 12.2. The van der Waals surface area contributed by atoms with Crippen LogP contribution in [0.15, 0.2) is 52.4 Å². The second-order valence-electron chi connectivity index (χ2n) is 6.78. The second-order valence-corrected chi connectivity index (χ2v) is 9.52. The number of hydrogen-bond donors (Lipinski definition) is 5. The van der Waals surface area contributed by atoms with E-state index in [0.29, 0.717) is 0 Å². The van der Waals surface area contributed by atoms with Gasteiger partial charge in [-0.05, 0) is 12.1 Å². The van der Waals surface area contributed by atoms with Crippen LogP contribution in [0, 0.1) is 0 Å². The minimum Gasteiger partial charge on any atom is -0.756 e. The largest absolute Gasteiger partial charge is 1.00 e. The maximum Gasteiger partial charge on any atom is 1.00 e. The van der Waals surface area contributed by atoms with Crippen molar-refractivity contribution < 1.29 is 107 Å². The summed E-state index contributed by atoms with van der Waals surface area (Å²) in [6.07, 6.45) is -3.74. The molecule has 3 heterocycles. The first kappa shape index (κ1) is 33.5. The van der Waals surface area contributed by atoms with Crippen molar-refractivity contribution in [3.63, 3.8) is 0 Å². The number of aliphatic hydroxyl groups is 2. The number of benzene rings is 1. The molecule has 0 aliphatic carbocycles. The summed E-state index contributed by atoms with van der Waals surface area (Å²) < 4.78 is 34.9. The predicted molar refractivity (Wildman–Crippen MR) is 108 cm³/mol. The van der Waals surface area contributed by atoms with Crippen LogP contribution < -0.4 is 80.2 Å². The van der Waals surface area contributed by atoms with Crippen molar-refractivity contribution in [3.05, 3.63) is 63.7 Å². The van der Waals surface area contributed by atoms with Gasteiger partial charge in [-0.15, -0.1) is 0 Å². The number of rotatable bonds is 6. The number of aromatic amines is 2. The summed E-state index contributed by atoms with van der Waals surface area (Å²) in [5.41, 5.74) is 0.440. The number of nitrogens with zero attached hydrogens (tertiary/aromatic N) is 2. The van der Waals surface area contributed by atoms with E-state index >= 15 is 0 Å². The van der Waals surface area contributed by atoms with Gasteiger partial charge in [0, 0.05) is 12.3 Å². The Labute approximate surface area is 246 Å². The second kappa shape index (κ2) is 14.1. The number of phosphoric acid groups is 2. The molecule has 6 atom stereocenters. The van der Waals surface area contributed by atoms with Crippen molar-refractivity contribution in [1.29, 1.82) is 0 Å². The fraction of sp³-hybridized carbons (Fsp3) is 0.312. The first-order valence-electron chi connectivity index (χ1n) is 9.28. The summed E-state index contributed by atoms with van der Waals surface area (Å²) in [6.45, 7) is -0.992. The van der Waals surface area contributed by atoms with Gasteiger partial charge in [-0.25, -0.2) is 14.1 Å². The summed E-state index contributed by atoms with van der Waals surface area (Å²) in [5, 5.41) is 19.7. The number of H-pyrrole nitrogens is 2. The number of aromatic nitrogens is 4. The molecule has 3 aromatic rings. The Balaban J connectivity index is 0.000000492. The van der Waals surface area contributed by atoms with E-state index in [9.17, 15) is 38.7 Å². The summed E-state index contributed by atoms with van der Waals surface area (Å²) >= 11 is 0. The van der Waals surface area contributed by atoms with Gasteiger partial charge in [0.25, 0.3) is 21.2 Å². The minimum absolute atomic E-state index is 0. The van der Waals surface area contributed by atoms with Gasteiger partial charge in [0.05, 0.1) is 24.0 Å². The molecular formula is C16H18N4Na2O12P2. The van der Waals surface area contributed by atoms with Crippen molar-refractivity contribution in [2.75, 3.05) is 6.61 Å². The van der Waals surface area contributed by atoms with E-state index in [1.807, 2.05) is 29.2 Å². The van der Waals surface area contributed by atoms with Gasteiger partial charge < -0.3 is 39.1 Å². The van der Waals surface area contributed by atoms with Crippen LogP contribution in [0.25, 0.3) is 11.0 Å². The molecule has 1 aliphatic rings. The molecule has 5 N–H and O–H groups in total. The molecule has 4 rings (SSSR count). The van der Waals surface area contributed by atoms with Crippen molar-refractivity contribution >= 4 is 26.7 Å². The van der Waals surface area contributed by atoms with Gasteiger partial charge in [0.15, 0.2) is 6.23 Å². The van der Waals surface area contributed by atoms with Gasteiger partial charge in [-0.3, -0.25) is 23.5 Å². The smallest absolute Gasteiger partial charge is 0.756 e. The topological polar surface area (TPSA) is 252 Å². The maximum absolute atomic E-state index is 11.7. The van der Waals surface area contributed by atoms with Crippen molar-refractivity contribution in [2.45, 2.75) is 24.5 Å². The average molecular weight is 566 g/mol. The van der Waals surface area contributed by atoms with Crippen molar-refractivity contribution in [2.24, 2.45) is 0 Å². The fourth-order valence-electron chi connectivity index (χ4n) is 2.92. The number of hydrogen-bond acceptors (Lipinski definition) is 12. The van der Waals surface area contributed by atoms with Crippen LogP contribution in [0.1, 0.15) is 6.23 Å². The van der Waals surface area contributed by atoms with Crippen molar-refractivity contribution in [1.82, 2.24) is 19.5 Å². The van der Waals surface area contributed by atoms with E-state index in [2.05, 4.69) is 18.8 Å². The van der Waals surface area contributed by atoms with E-state index < -0.39 is 58.0 Å². The molecule has 1 fully saturated rings. The number of fused-ring (bicyclic) bond motifs is 1. The third-order valence-electron chi connectivity index (χ3n) is 4.39. The van der Waals surface area contributed by atoms with Crippen LogP contribution in [0.3, 0.4) is 0 Å². The zero-order chi connectivity index (χ0) is 25.1. The summed E-state index contributed by atoms with van der Waals surface area (Å²) in [6, 6.07) is 8.89. The van der Waals surface area contributed by atoms with Gasteiger partial charge in [0.1, 0.15) is 18.3 Å². The first-order chi connectivity index (χ1) is 15.9. The molecule has 0 saturated carbocycles. The number of aliphatic hydroxyl groups excluding tert-OH is 2. The fourth-order valence-corrected chi connectivity index (χ4v) is 4.45. The average Bonchev–Trinajstić information content (AvgIpc) is 3.31. The van der Waals surface area contributed by atoms with E-state index in [1.165, 1.54) is 0 Å². The number of phosphoric ester groups is 1. The monoisotopic (exact) mass is 566 g/mol. The van der Waals surface area contributed by atoms with Crippen LogP contribution in [-0.4, -0.2) is 59.5 Å². The molecule has 16 nitrogen and oxygen atoms in total. The molecule has 0 spiro atoms. The third-order valence-corrected chi connectivity index (χ3v) is 6.48. The predicted octanol–water partition coefficient (Wildman–Crippen LogP) is -8.31. The van der Waals surface area contributed by atoms with Crippen LogP contribution in [-0.2, 0) is 22.7 Å². The van der Waals surface area contributed by atoms with Gasteiger partial charge in [0.2, 0.25) is 0 Å². The van der Waals surface area contributed by atoms with Crippen molar-refractivity contribution in [3.8, 4) is 0 Å². The van der Waals surface area contributed by atoms with E-state index in [0.717, 1.165) is 27.9 Å². The Bertz CT molecular complexity index is 1310. The molecule has 0 amide bonds. The molecule has 20 heteroatoms. The standard InChI is InChI=1S/C9H14N2O12P2.C7H6N2.2Na/c12-5-1-2-11(9(15)10-5)8-7(14)6(13)4(22-8)3-21-25(19,20)23-24(16,17)18;1-2-4-7-6(3-1)8-5-9-7;;/h1-2,4,6-8,13-14H,3H2,(H,19,20)(H,10,12,15)(H2,16,17,18);1-5H,(H,8,9);;/q;;2*+1/p-2/t4-,6-,7-,8-;;;/m1.../s1. The molecular weight excluding hydrogens is 548 g/mol. The van der Waals surface area contributed by atoms with Crippen LogP contribution in [0.2, 0.25) is 0 Å². The van der Waals surface area contributed by atoms with E-state index in [1.54, 1.807) is 6.33 Å². The Hall–Kier alpha value is -0.490. The Morgan fingerprint density at radius 3 is 2.39 bits per heavy atom. The normalized spacial score (nSPS) is 24.4. The van der Waals surface area contributed by atoms with E-state index in [-0.39, 0.29) is 59.1 Å². The van der Waals surface area contributed by atoms with Gasteiger partial charge >= 0.3 is 64.8 Å². The van der Waals surface area contributed by atoms with Gasteiger partial charge in [-0.2, -0.15) is 0 Å². The third kappa shape index (κ3) is 9.36. The molecule has 1 aromatic carbocycles. The molecule has 186 valence electrons. The molecule has 36 heavy (non-hydrogen) atoms. The number of nitrogens with one attached hydrogen (secondary N) is 2. The number of para-hydroxylation sites is 2. The molecule has 2 aromatic heterocycles. The molecule has 0 radical (unpaired) electrons. The summed E-state index contributed by atoms with van der Waals surface area (Å²) in [7, 11) is -11.1. The molecule has 2 unspecified atom stereocenters. The number of imidazole rings is 1. The molecule has 0 bridgehead atoms. The Morgan fingerprint density at radius 1 is 1.11 bits per heavy atom. The van der Waals surface area contributed by atoms with Gasteiger partial charge in [-0.1, -0.05) is 12.1 Å². The van der Waals surface area contributed by atoms with Crippen LogP contribution in [0.4, 0.5) is 0 Å². The molecule has 1 aliphatic heterocycles. The zero-order valence-electron chi connectivity index (χ0n) is 18.9. The zero-order valence-corrected chi connectivity index (χ0v) is 24.7. The SMILES string of the molecule is O=c1ccn([C@@H]2O[C@H](COP(=O)([O-])OP(=O)([O-])O)[C@@H](O)[C@H]2O)c(=O)[nH]1.[Na+].[Na+].c1ccc2[nH]cnc2c1. The minimum atomic E-state index is -5.63. The van der Waals surface area contributed by atoms with E-state index in [4.69, 9.17) is 9.63 Å². The Kier molecular flexibility index (Phi) is 13.1. The maximum atomic E-state index is 11.7. The quantitative estimate of drug-likeness (QED) is 0.137. The van der Waals surface area contributed by atoms with Crippen LogP contribution >= 0.6 is 15.6 Å². The number of ether oxygens (including phenoxy) is 1. The Morgan fingerprint density at radius 2 is 1.78 bits per heavy atom. The van der Waals surface area contributed by atoms with Crippen LogP contribution in [0.5, 0.6) is 0 Å². The summed E-state index contributed by atoms with van der Waals surface area (Å²) in [4.78, 5) is 61.5. The summed E-state index contributed by atoms with van der Waals surface area (Å²) in [5.74, 6) is 0. The molecule has 1 saturated heterocycles.